The molecule has 28 heavy (non-hydrogen) atoms. The molecule has 2 heterocycles. The molecule has 0 bridgehead atoms. The summed E-state index contributed by atoms with van der Waals surface area (Å²) in [6.07, 6.45) is 0. The lowest BCUT2D eigenvalue weighted by Crippen LogP contribution is -1.94. The van der Waals surface area contributed by atoms with E-state index in [9.17, 15) is 0 Å². The fourth-order valence-electron chi connectivity index (χ4n) is 2.46. The van der Waals surface area contributed by atoms with E-state index in [2.05, 4.69) is 20.3 Å². The molecule has 0 spiro atoms. The van der Waals surface area contributed by atoms with Gasteiger partial charge in [0.1, 0.15) is 5.75 Å². The number of aromatic nitrogens is 4. The number of thioether (sulfide) groups is 1. The predicted octanol–water partition coefficient (Wildman–Crippen LogP) is 5.13. The zero-order chi connectivity index (χ0) is 19.3. The molecule has 2 aromatic heterocycles. The summed E-state index contributed by atoms with van der Waals surface area (Å²) in [5.41, 5.74) is 1.59. The van der Waals surface area contributed by atoms with Gasteiger partial charge < -0.3 is 13.7 Å². The Morgan fingerprint density at radius 1 is 1.07 bits per heavy atom. The monoisotopic (exact) mass is 414 g/mol. The molecule has 0 atom stereocenters. The van der Waals surface area contributed by atoms with Gasteiger partial charge in [0.25, 0.3) is 5.22 Å². The number of hydrogen-bond donors (Lipinski definition) is 0. The standard InChI is InChI=1S/C19H15ClN4O3S/c1-2-25-15-6-4-3-5-14(15)17-21-16(27-24-17)11-28-19-23-22-18(26-19)12-7-9-13(20)10-8-12/h3-10H,2,11H2,1H3. The molecule has 4 rings (SSSR count). The van der Waals surface area contributed by atoms with E-state index >= 15 is 0 Å². The SMILES string of the molecule is CCOc1ccccc1-c1noc(CSc2nnc(-c3ccc(Cl)cc3)o2)n1. The van der Waals surface area contributed by atoms with Crippen LogP contribution in [0.25, 0.3) is 22.8 Å². The normalized spacial score (nSPS) is 10.9. The second-order valence-electron chi connectivity index (χ2n) is 5.61. The van der Waals surface area contributed by atoms with Gasteiger partial charge in [-0.25, -0.2) is 0 Å². The Bertz CT molecular complexity index is 1060. The van der Waals surface area contributed by atoms with Gasteiger partial charge in [-0.15, -0.1) is 10.2 Å². The molecule has 0 N–H and O–H groups in total. The minimum Gasteiger partial charge on any atom is -0.493 e. The molecular weight excluding hydrogens is 400 g/mol. The molecule has 7 nitrogen and oxygen atoms in total. The number of halogens is 1. The Morgan fingerprint density at radius 3 is 2.71 bits per heavy atom. The fourth-order valence-corrected chi connectivity index (χ4v) is 3.18. The highest BCUT2D eigenvalue weighted by molar-refractivity contribution is 7.98. The first-order valence-corrected chi connectivity index (χ1v) is 9.86. The maximum absolute atomic E-state index is 5.89. The second kappa shape index (κ2) is 8.45. The van der Waals surface area contributed by atoms with Crippen molar-refractivity contribution in [2.45, 2.75) is 17.9 Å². The Hall–Kier alpha value is -2.84. The van der Waals surface area contributed by atoms with E-state index in [0.717, 1.165) is 16.9 Å². The van der Waals surface area contributed by atoms with Gasteiger partial charge in [0, 0.05) is 10.6 Å². The van der Waals surface area contributed by atoms with Crippen molar-refractivity contribution in [2.24, 2.45) is 0 Å². The first-order valence-electron chi connectivity index (χ1n) is 8.50. The second-order valence-corrected chi connectivity index (χ2v) is 6.97. The quantitative estimate of drug-likeness (QED) is 0.384. The molecule has 4 aromatic rings. The molecule has 0 aliphatic carbocycles. The highest BCUT2D eigenvalue weighted by Gasteiger charge is 2.15. The molecule has 0 saturated heterocycles. The number of para-hydroxylation sites is 1. The highest BCUT2D eigenvalue weighted by Crippen LogP contribution is 2.29. The van der Waals surface area contributed by atoms with Gasteiger partial charge in [0.2, 0.25) is 17.6 Å². The number of hydrogen-bond acceptors (Lipinski definition) is 8. The van der Waals surface area contributed by atoms with Crippen molar-refractivity contribution in [1.29, 1.82) is 0 Å². The van der Waals surface area contributed by atoms with Crippen molar-refractivity contribution in [3.05, 3.63) is 59.4 Å². The topological polar surface area (TPSA) is 87.1 Å². The van der Waals surface area contributed by atoms with Gasteiger partial charge in [-0.1, -0.05) is 40.7 Å². The molecule has 0 fully saturated rings. The lowest BCUT2D eigenvalue weighted by molar-refractivity contribution is 0.341. The van der Waals surface area contributed by atoms with Crippen molar-refractivity contribution in [2.75, 3.05) is 6.61 Å². The molecule has 0 saturated carbocycles. The summed E-state index contributed by atoms with van der Waals surface area (Å²) in [5, 5.41) is 13.2. The van der Waals surface area contributed by atoms with Crippen LogP contribution in [0.15, 0.2) is 62.7 Å². The number of rotatable bonds is 7. The van der Waals surface area contributed by atoms with Gasteiger partial charge in [-0.3, -0.25) is 0 Å². The molecule has 0 unspecified atom stereocenters. The van der Waals surface area contributed by atoms with E-state index < -0.39 is 0 Å². The van der Waals surface area contributed by atoms with E-state index in [-0.39, 0.29) is 0 Å². The molecule has 142 valence electrons. The Balaban J connectivity index is 1.44. The molecule has 0 radical (unpaired) electrons. The number of ether oxygens (including phenoxy) is 1. The predicted molar refractivity (Wildman–Crippen MR) is 105 cm³/mol. The summed E-state index contributed by atoms with van der Waals surface area (Å²) in [6, 6.07) is 14.8. The lowest BCUT2D eigenvalue weighted by atomic mass is 10.2. The van der Waals surface area contributed by atoms with Crippen LogP contribution >= 0.6 is 23.4 Å². The highest BCUT2D eigenvalue weighted by atomic mass is 35.5. The van der Waals surface area contributed by atoms with Crippen molar-refractivity contribution >= 4 is 23.4 Å². The van der Waals surface area contributed by atoms with E-state index in [1.54, 1.807) is 12.1 Å². The third-order valence-corrected chi connectivity index (χ3v) is 4.77. The van der Waals surface area contributed by atoms with E-state index in [4.69, 9.17) is 25.3 Å². The molecule has 2 aromatic carbocycles. The van der Waals surface area contributed by atoms with Gasteiger partial charge in [-0.2, -0.15) is 4.98 Å². The van der Waals surface area contributed by atoms with Crippen LogP contribution in [0.5, 0.6) is 5.75 Å². The number of nitrogens with zero attached hydrogens (tertiary/aromatic N) is 4. The van der Waals surface area contributed by atoms with Crippen LogP contribution in [-0.2, 0) is 5.75 Å². The van der Waals surface area contributed by atoms with Gasteiger partial charge in [0.15, 0.2) is 0 Å². The van der Waals surface area contributed by atoms with Crippen molar-refractivity contribution < 1.29 is 13.7 Å². The third kappa shape index (κ3) is 4.18. The van der Waals surface area contributed by atoms with E-state index in [0.29, 0.717) is 40.2 Å². The summed E-state index contributed by atoms with van der Waals surface area (Å²) in [6.45, 7) is 2.49. The lowest BCUT2D eigenvalue weighted by Gasteiger charge is -2.05. The van der Waals surface area contributed by atoms with Crippen LogP contribution in [0, 0.1) is 0 Å². The Morgan fingerprint density at radius 2 is 1.89 bits per heavy atom. The van der Waals surface area contributed by atoms with Gasteiger partial charge >= 0.3 is 0 Å². The average molecular weight is 415 g/mol. The minimum atomic E-state index is 0.409. The average Bonchev–Trinajstić information content (AvgIpc) is 3.37. The minimum absolute atomic E-state index is 0.409. The smallest absolute Gasteiger partial charge is 0.277 e. The van der Waals surface area contributed by atoms with Crippen molar-refractivity contribution in [3.8, 4) is 28.6 Å². The van der Waals surface area contributed by atoms with Crippen molar-refractivity contribution in [3.63, 3.8) is 0 Å². The maximum Gasteiger partial charge on any atom is 0.277 e. The Labute approximate surface area is 170 Å². The van der Waals surface area contributed by atoms with Gasteiger partial charge in [0.05, 0.1) is 17.9 Å². The summed E-state index contributed by atoms with van der Waals surface area (Å²) in [4.78, 5) is 4.43. The molecule has 0 amide bonds. The zero-order valence-corrected chi connectivity index (χ0v) is 16.4. The molecular formula is C19H15ClN4O3S. The summed E-state index contributed by atoms with van der Waals surface area (Å²) in [7, 11) is 0. The largest absolute Gasteiger partial charge is 0.493 e. The molecule has 0 aliphatic heterocycles. The fraction of sp³-hybridized carbons (Fsp3) is 0.158. The maximum atomic E-state index is 5.89. The van der Waals surface area contributed by atoms with Crippen LogP contribution in [0.4, 0.5) is 0 Å². The van der Waals surface area contributed by atoms with Crippen LogP contribution in [0.1, 0.15) is 12.8 Å². The summed E-state index contributed by atoms with van der Waals surface area (Å²) >= 11 is 7.21. The summed E-state index contributed by atoms with van der Waals surface area (Å²) < 4.78 is 16.6. The molecule has 0 aliphatic rings. The van der Waals surface area contributed by atoms with E-state index in [1.807, 2.05) is 43.3 Å². The molecule has 9 heteroatoms. The van der Waals surface area contributed by atoms with Crippen molar-refractivity contribution in [1.82, 2.24) is 20.3 Å². The Kier molecular flexibility index (Phi) is 5.59. The van der Waals surface area contributed by atoms with E-state index in [1.165, 1.54) is 11.8 Å². The first-order chi connectivity index (χ1) is 13.7. The third-order valence-electron chi connectivity index (χ3n) is 3.71. The van der Waals surface area contributed by atoms with Gasteiger partial charge in [-0.05, 0) is 43.3 Å². The summed E-state index contributed by atoms with van der Waals surface area (Å²) in [5.74, 6) is 2.49. The zero-order valence-electron chi connectivity index (χ0n) is 14.8. The van der Waals surface area contributed by atoms with Crippen LogP contribution < -0.4 is 4.74 Å². The van der Waals surface area contributed by atoms with Crippen LogP contribution in [0.3, 0.4) is 0 Å². The number of benzene rings is 2. The van der Waals surface area contributed by atoms with Crippen LogP contribution in [0.2, 0.25) is 5.02 Å². The first kappa shape index (κ1) is 18.5. The van der Waals surface area contributed by atoms with Crippen LogP contribution in [-0.4, -0.2) is 26.9 Å².